The molecule has 4 nitrogen and oxygen atoms in total. The van der Waals surface area contributed by atoms with E-state index in [1.807, 2.05) is 18.2 Å². The SMILES string of the molecule is Nc1ccccc1COC(=O)NC1CCCCC1. The third-order valence-corrected chi connectivity index (χ3v) is 3.34. The summed E-state index contributed by atoms with van der Waals surface area (Å²) < 4.78 is 5.18. The first-order valence-electron chi connectivity index (χ1n) is 6.52. The van der Waals surface area contributed by atoms with Gasteiger partial charge in [0, 0.05) is 17.3 Å². The molecule has 0 aromatic heterocycles. The van der Waals surface area contributed by atoms with Crippen LogP contribution in [0.2, 0.25) is 0 Å². The van der Waals surface area contributed by atoms with E-state index in [1.165, 1.54) is 19.3 Å². The molecule has 0 aliphatic heterocycles. The minimum absolute atomic E-state index is 0.227. The molecule has 4 heteroatoms. The molecule has 1 aromatic carbocycles. The van der Waals surface area contributed by atoms with Crippen LogP contribution in [0.15, 0.2) is 24.3 Å². The minimum Gasteiger partial charge on any atom is -0.445 e. The molecule has 1 amide bonds. The molecule has 1 aliphatic rings. The number of alkyl carbamates (subject to hydrolysis) is 1. The second-order valence-corrected chi connectivity index (χ2v) is 4.75. The fraction of sp³-hybridized carbons (Fsp3) is 0.500. The Hall–Kier alpha value is -1.71. The van der Waals surface area contributed by atoms with Gasteiger partial charge in [0.15, 0.2) is 0 Å². The third kappa shape index (κ3) is 3.65. The lowest BCUT2D eigenvalue weighted by molar-refractivity contribution is 0.133. The summed E-state index contributed by atoms with van der Waals surface area (Å²) in [6, 6.07) is 7.69. The van der Waals surface area contributed by atoms with Crippen LogP contribution in [0.1, 0.15) is 37.7 Å². The standard InChI is InChI=1S/C14H20N2O2/c15-13-9-5-4-6-11(13)10-18-14(17)16-12-7-2-1-3-8-12/h4-6,9,12H,1-3,7-8,10,15H2,(H,16,17). The number of nitrogens with two attached hydrogens (primary N) is 1. The van der Waals surface area contributed by atoms with E-state index in [4.69, 9.17) is 10.5 Å². The molecule has 18 heavy (non-hydrogen) atoms. The van der Waals surface area contributed by atoms with Gasteiger partial charge < -0.3 is 15.8 Å². The van der Waals surface area contributed by atoms with Crippen LogP contribution in [0, 0.1) is 0 Å². The summed E-state index contributed by atoms with van der Waals surface area (Å²) in [4.78, 5) is 11.6. The van der Waals surface area contributed by atoms with Gasteiger partial charge in [-0.3, -0.25) is 0 Å². The number of ether oxygens (including phenoxy) is 1. The van der Waals surface area contributed by atoms with E-state index in [9.17, 15) is 4.79 Å². The summed E-state index contributed by atoms with van der Waals surface area (Å²) in [7, 11) is 0. The Morgan fingerprint density at radius 1 is 1.28 bits per heavy atom. The average molecular weight is 248 g/mol. The first kappa shape index (κ1) is 12.7. The summed E-state index contributed by atoms with van der Waals surface area (Å²) in [6.45, 7) is 0.227. The Balaban J connectivity index is 1.76. The molecule has 0 spiro atoms. The average Bonchev–Trinajstić information content (AvgIpc) is 2.39. The van der Waals surface area contributed by atoms with E-state index < -0.39 is 0 Å². The molecule has 0 atom stereocenters. The molecule has 0 saturated heterocycles. The number of para-hydroxylation sites is 1. The maximum atomic E-state index is 11.6. The molecule has 0 heterocycles. The number of nitrogen functional groups attached to an aromatic ring is 1. The highest BCUT2D eigenvalue weighted by molar-refractivity contribution is 5.67. The van der Waals surface area contributed by atoms with E-state index in [2.05, 4.69) is 5.32 Å². The van der Waals surface area contributed by atoms with Gasteiger partial charge in [-0.25, -0.2) is 4.79 Å². The Bertz CT molecular complexity index is 401. The van der Waals surface area contributed by atoms with Crippen molar-refractivity contribution in [1.29, 1.82) is 0 Å². The zero-order valence-electron chi connectivity index (χ0n) is 10.5. The number of hydrogen-bond acceptors (Lipinski definition) is 3. The lowest BCUT2D eigenvalue weighted by Gasteiger charge is -2.22. The molecule has 3 N–H and O–H groups in total. The van der Waals surface area contributed by atoms with E-state index in [0.29, 0.717) is 5.69 Å². The molecule has 1 aromatic rings. The van der Waals surface area contributed by atoms with Crippen LogP contribution in [-0.4, -0.2) is 12.1 Å². The zero-order chi connectivity index (χ0) is 12.8. The van der Waals surface area contributed by atoms with Gasteiger partial charge >= 0.3 is 6.09 Å². The summed E-state index contributed by atoms with van der Waals surface area (Å²) >= 11 is 0. The highest BCUT2D eigenvalue weighted by Crippen LogP contribution is 2.17. The largest absolute Gasteiger partial charge is 0.445 e. The fourth-order valence-electron chi connectivity index (χ4n) is 2.26. The van der Waals surface area contributed by atoms with Gasteiger partial charge in [-0.2, -0.15) is 0 Å². The van der Waals surface area contributed by atoms with Crippen LogP contribution in [-0.2, 0) is 11.3 Å². The van der Waals surface area contributed by atoms with Crippen molar-refractivity contribution in [3.05, 3.63) is 29.8 Å². The maximum Gasteiger partial charge on any atom is 0.407 e. The van der Waals surface area contributed by atoms with Gasteiger partial charge in [0.25, 0.3) is 0 Å². The number of anilines is 1. The molecule has 0 radical (unpaired) electrons. The highest BCUT2D eigenvalue weighted by atomic mass is 16.5. The van der Waals surface area contributed by atoms with E-state index >= 15 is 0 Å². The lowest BCUT2D eigenvalue weighted by atomic mass is 9.96. The summed E-state index contributed by atoms with van der Waals surface area (Å²) in [5, 5.41) is 2.91. The Morgan fingerprint density at radius 3 is 2.72 bits per heavy atom. The monoisotopic (exact) mass is 248 g/mol. The molecular weight excluding hydrogens is 228 g/mol. The lowest BCUT2D eigenvalue weighted by Crippen LogP contribution is -2.36. The number of amides is 1. The Labute approximate surface area is 108 Å². The van der Waals surface area contributed by atoms with Crippen LogP contribution in [0.3, 0.4) is 0 Å². The molecular formula is C14H20N2O2. The van der Waals surface area contributed by atoms with Crippen molar-refractivity contribution in [3.8, 4) is 0 Å². The minimum atomic E-state index is -0.342. The predicted octanol–water partition coefficient (Wildman–Crippen LogP) is 2.83. The van der Waals surface area contributed by atoms with Crippen molar-refractivity contribution >= 4 is 11.8 Å². The number of benzene rings is 1. The summed E-state index contributed by atoms with van der Waals surface area (Å²) in [5.41, 5.74) is 7.28. The van der Waals surface area contributed by atoms with Crippen molar-refractivity contribution < 1.29 is 9.53 Å². The number of carbonyl (C=O) groups excluding carboxylic acids is 1. The number of rotatable bonds is 3. The quantitative estimate of drug-likeness (QED) is 0.808. The summed E-state index contributed by atoms with van der Waals surface area (Å²) in [6.07, 6.45) is 5.43. The smallest absolute Gasteiger partial charge is 0.407 e. The van der Waals surface area contributed by atoms with Gasteiger partial charge in [0.2, 0.25) is 0 Å². The molecule has 2 rings (SSSR count). The number of carbonyl (C=O) groups is 1. The Morgan fingerprint density at radius 2 is 2.00 bits per heavy atom. The van der Waals surface area contributed by atoms with E-state index in [-0.39, 0.29) is 18.7 Å². The van der Waals surface area contributed by atoms with Crippen molar-refractivity contribution in [3.63, 3.8) is 0 Å². The fourth-order valence-corrected chi connectivity index (χ4v) is 2.26. The van der Waals surface area contributed by atoms with E-state index in [1.54, 1.807) is 6.07 Å². The second-order valence-electron chi connectivity index (χ2n) is 4.75. The topological polar surface area (TPSA) is 64.3 Å². The zero-order valence-corrected chi connectivity index (χ0v) is 10.5. The van der Waals surface area contributed by atoms with Gasteiger partial charge in [-0.1, -0.05) is 37.5 Å². The first-order chi connectivity index (χ1) is 8.75. The van der Waals surface area contributed by atoms with Crippen LogP contribution in [0.25, 0.3) is 0 Å². The molecule has 98 valence electrons. The normalized spacial score (nSPS) is 16.2. The van der Waals surface area contributed by atoms with Crippen LogP contribution in [0.4, 0.5) is 10.5 Å². The predicted molar refractivity (Wildman–Crippen MR) is 71.0 cm³/mol. The number of nitrogens with one attached hydrogen (secondary N) is 1. The van der Waals surface area contributed by atoms with Gasteiger partial charge in [-0.05, 0) is 18.9 Å². The third-order valence-electron chi connectivity index (χ3n) is 3.34. The summed E-state index contributed by atoms with van der Waals surface area (Å²) in [5.74, 6) is 0. The number of hydrogen-bond donors (Lipinski definition) is 2. The molecule has 1 fully saturated rings. The van der Waals surface area contributed by atoms with Crippen LogP contribution < -0.4 is 11.1 Å². The van der Waals surface area contributed by atoms with Crippen LogP contribution >= 0.6 is 0 Å². The van der Waals surface area contributed by atoms with Crippen molar-refractivity contribution in [2.45, 2.75) is 44.8 Å². The first-order valence-corrected chi connectivity index (χ1v) is 6.52. The molecule has 1 aliphatic carbocycles. The van der Waals surface area contributed by atoms with Crippen LogP contribution in [0.5, 0.6) is 0 Å². The second kappa shape index (κ2) is 6.28. The van der Waals surface area contributed by atoms with Crippen molar-refractivity contribution in [2.24, 2.45) is 0 Å². The van der Waals surface area contributed by atoms with Crippen molar-refractivity contribution in [1.82, 2.24) is 5.32 Å². The maximum absolute atomic E-state index is 11.6. The van der Waals surface area contributed by atoms with E-state index in [0.717, 1.165) is 18.4 Å². The Kier molecular flexibility index (Phi) is 4.45. The van der Waals surface area contributed by atoms with Crippen molar-refractivity contribution in [2.75, 3.05) is 5.73 Å². The van der Waals surface area contributed by atoms with Gasteiger partial charge in [0.05, 0.1) is 0 Å². The molecule has 0 unspecified atom stereocenters. The molecule has 1 saturated carbocycles. The van der Waals surface area contributed by atoms with Gasteiger partial charge in [-0.15, -0.1) is 0 Å². The highest BCUT2D eigenvalue weighted by Gasteiger charge is 2.16. The molecule has 0 bridgehead atoms. The van der Waals surface area contributed by atoms with Gasteiger partial charge in [0.1, 0.15) is 6.61 Å².